The number of hydrogen-bond acceptors (Lipinski definition) is 4. The molecule has 88 valence electrons. The number of hydrogen-bond donors (Lipinski definition) is 0. The molecule has 1 fully saturated rings. The lowest BCUT2D eigenvalue weighted by Crippen LogP contribution is -2.58. The molecule has 0 aromatic carbocycles. The van der Waals surface area contributed by atoms with Crippen LogP contribution in [0.5, 0.6) is 0 Å². The molecule has 4 heteroatoms. The van der Waals surface area contributed by atoms with E-state index in [9.17, 15) is 10.0 Å². The number of methoxy groups -OCH3 is 1. The maximum atomic E-state index is 12.0. The van der Waals surface area contributed by atoms with Crippen LogP contribution in [0.4, 0.5) is 0 Å². The Hall–Kier alpha value is -0.610. The molecule has 1 aliphatic heterocycles. The fraction of sp³-hybridized carbons (Fsp3) is 0.909. The molecule has 0 aromatic heterocycles. The Kier molecular flexibility index (Phi) is 3.12. The van der Waals surface area contributed by atoms with Crippen molar-refractivity contribution in [3.8, 4) is 0 Å². The first-order valence-electron chi connectivity index (χ1n) is 5.26. The Morgan fingerprint density at radius 1 is 1.27 bits per heavy atom. The summed E-state index contributed by atoms with van der Waals surface area (Å²) in [6, 6.07) is 0. The zero-order valence-electron chi connectivity index (χ0n) is 10.2. The minimum Gasteiger partial charge on any atom is -0.784 e. The van der Waals surface area contributed by atoms with Gasteiger partial charge in [0.2, 0.25) is 0 Å². The SMILES string of the molecule is COC(=O)C1CC(C)(C)N([O-])C(C)(C)C1. The van der Waals surface area contributed by atoms with E-state index in [2.05, 4.69) is 0 Å². The highest BCUT2D eigenvalue weighted by molar-refractivity contribution is 5.72. The van der Waals surface area contributed by atoms with Crippen molar-refractivity contribution in [3.63, 3.8) is 0 Å². The van der Waals surface area contributed by atoms with Crippen molar-refractivity contribution < 1.29 is 9.53 Å². The summed E-state index contributed by atoms with van der Waals surface area (Å²) in [5.74, 6) is -0.366. The van der Waals surface area contributed by atoms with Crippen LogP contribution in [0.1, 0.15) is 40.5 Å². The number of rotatable bonds is 1. The van der Waals surface area contributed by atoms with Crippen LogP contribution in [-0.2, 0) is 9.53 Å². The summed E-state index contributed by atoms with van der Waals surface area (Å²) in [6.07, 6.45) is 1.12. The Morgan fingerprint density at radius 2 is 1.67 bits per heavy atom. The lowest BCUT2D eigenvalue weighted by molar-refractivity contribution is -0.151. The summed E-state index contributed by atoms with van der Waals surface area (Å²) < 4.78 is 4.75. The van der Waals surface area contributed by atoms with Crippen molar-refractivity contribution in [2.75, 3.05) is 7.11 Å². The summed E-state index contributed by atoms with van der Waals surface area (Å²) in [5, 5.41) is 13.1. The highest BCUT2D eigenvalue weighted by atomic mass is 16.5. The second-order valence-electron chi connectivity index (χ2n) is 5.55. The first-order chi connectivity index (χ1) is 6.70. The predicted molar refractivity (Wildman–Crippen MR) is 58.1 cm³/mol. The molecular formula is C11H20NO3-. The predicted octanol–water partition coefficient (Wildman–Crippen LogP) is 1.93. The van der Waals surface area contributed by atoms with E-state index >= 15 is 0 Å². The van der Waals surface area contributed by atoms with Gasteiger partial charge in [-0.2, -0.15) is 0 Å². The second-order valence-corrected chi connectivity index (χ2v) is 5.55. The standard InChI is InChI=1S/C11H20NO3/c1-10(2)6-8(9(13)15-5)7-11(3,4)12(10)14/h8H,6-7H2,1-5H3/q-1. The van der Waals surface area contributed by atoms with Crippen LogP contribution in [0.25, 0.3) is 0 Å². The van der Waals surface area contributed by atoms with E-state index in [1.54, 1.807) is 0 Å². The largest absolute Gasteiger partial charge is 0.784 e. The molecule has 1 aliphatic rings. The average molecular weight is 214 g/mol. The first-order valence-corrected chi connectivity index (χ1v) is 5.26. The van der Waals surface area contributed by atoms with Crippen molar-refractivity contribution in [1.29, 1.82) is 0 Å². The van der Waals surface area contributed by atoms with Gasteiger partial charge in [-0.05, 0) is 40.5 Å². The van der Waals surface area contributed by atoms with Crippen LogP contribution in [-0.4, -0.2) is 29.2 Å². The zero-order chi connectivity index (χ0) is 11.9. The van der Waals surface area contributed by atoms with E-state index in [0.717, 1.165) is 5.06 Å². The van der Waals surface area contributed by atoms with E-state index in [1.807, 2.05) is 27.7 Å². The number of esters is 1. The number of carbonyl (C=O) groups is 1. The molecule has 0 N–H and O–H groups in total. The zero-order valence-corrected chi connectivity index (χ0v) is 10.2. The van der Waals surface area contributed by atoms with Crippen LogP contribution in [0, 0.1) is 11.1 Å². The Labute approximate surface area is 91.2 Å². The summed E-state index contributed by atoms with van der Waals surface area (Å²) in [4.78, 5) is 11.5. The van der Waals surface area contributed by atoms with Crippen LogP contribution in [0.15, 0.2) is 0 Å². The van der Waals surface area contributed by atoms with Gasteiger partial charge in [0.25, 0.3) is 0 Å². The van der Waals surface area contributed by atoms with Crippen molar-refractivity contribution in [3.05, 3.63) is 5.21 Å². The van der Waals surface area contributed by atoms with Gasteiger partial charge >= 0.3 is 5.97 Å². The van der Waals surface area contributed by atoms with Crippen LogP contribution < -0.4 is 0 Å². The summed E-state index contributed by atoms with van der Waals surface area (Å²) >= 11 is 0. The van der Waals surface area contributed by atoms with Crippen LogP contribution in [0.2, 0.25) is 0 Å². The molecule has 0 amide bonds. The van der Waals surface area contributed by atoms with E-state index in [-0.39, 0.29) is 11.9 Å². The molecule has 0 spiro atoms. The molecule has 0 aromatic rings. The van der Waals surface area contributed by atoms with Crippen molar-refractivity contribution in [2.45, 2.75) is 51.6 Å². The van der Waals surface area contributed by atoms with Crippen molar-refractivity contribution in [1.82, 2.24) is 5.06 Å². The lowest BCUT2D eigenvalue weighted by atomic mass is 9.75. The Morgan fingerprint density at radius 3 is 2.00 bits per heavy atom. The minimum absolute atomic E-state index is 0.162. The van der Waals surface area contributed by atoms with Gasteiger partial charge in [0.05, 0.1) is 13.0 Å². The van der Waals surface area contributed by atoms with Gasteiger partial charge in [-0.25, -0.2) is 0 Å². The third-order valence-electron chi connectivity index (χ3n) is 3.13. The molecular weight excluding hydrogens is 194 g/mol. The number of hydroxylamine groups is 2. The van der Waals surface area contributed by atoms with Gasteiger partial charge in [0, 0.05) is 11.1 Å². The van der Waals surface area contributed by atoms with Gasteiger partial charge < -0.3 is 15.0 Å². The molecule has 0 radical (unpaired) electrons. The maximum absolute atomic E-state index is 12.0. The van der Waals surface area contributed by atoms with Gasteiger partial charge in [-0.1, -0.05) is 0 Å². The molecule has 0 saturated carbocycles. The topological polar surface area (TPSA) is 52.6 Å². The molecule has 0 aliphatic carbocycles. The fourth-order valence-corrected chi connectivity index (χ4v) is 2.60. The Balaban J connectivity index is 2.89. The molecule has 0 bridgehead atoms. The average Bonchev–Trinajstić information content (AvgIpc) is 2.11. The quantitative estimate of drug-likeness (QED) is 0.626. The Bertz CT molecular complexity index is 243. The van der Waals surface area contributed by atoms with Gasteiger partial charge in [-0.3, -0.25) is 4.79 Å². The van der Waals surface area contributed by atoms with Gasteiger partial charge in [0.15, 0.2) is 0 Å². The second kappa shape index (κ2) is 3.76. The number of nitrogens with zero attached hydrogens (tertiary/aromatic N) is 1. The monoisotopic (exact) mass is 214 g/mol. The van der Waals surface area contributed by atoms with E-state index < -0.39 is 11.1 Å². The number of carbonyl (C=O) groups excluding carboxylic acids is 1. The van der Waals surface area contributed by atoms with E-state index in [1.165, 1.54) is 7.11 Å². The van der Waals surface area contributed by atoms with Gasteiger partial charge in [-0.15, -0.1) is 0 Å². The summed E-state index contributed by atoms with van der Waals surface area (Å²) in [7, 11) is 1.39. The highest BCUT2D eigenvalue weighted by Gasteiger charge is 2.42. The third-order valence-corrected chi connectivity index (χ3v) is 3.13. The summed E-state index contributed by atoms with van der Waals surface area (Å²) in [6.45, 7) is 7.49. The molecule has 0 atom stereocenters. The summed E-state index contributed by atoms with van der Waals surface area (Å²) in [5.41, 5.74) is -0.999. The van der Waals surface area contributed by atoms with E-state index in [0.29, 0.717) is 12.8 Å². The molecule has 4 nitrogen and oxygen atoms in total. The smallest absolute Gasteiger partial charge is 0.308 e. The van der Waals surface area contributed by atoms with Crippen LogP contribution in [0.3, 0.4) is 0 Å². The molecule has 1 heterocycles. The van der Waals surface area contributed by atoms with Gasteiger partial charge in [0.1, 0.15) is 0 Å². The van der Waals surface area contributed by atoms with Crippen molar-refractivity contribution in [2.24, 2.45) is 5.92 Å². The lowest BCUT2D eigenvalue weighted by Gasteiger charge is -2.59. The number of piperidine rings is 1. The molecule has 1 rings (SSSR count). The van der Waals surface area contributed by atoms with E-state index in [4.69, 9.17) is 4.74 Å². The van der Waals surface area contributed by atoms with Crippen molar-refractivity contribution >= 4 is 5.97 Å². The molecule has 1 saturated heterocycles. The third kappa shape index (κ3) is 2.32. The number of ether oxygens (including phenoxy) is 1. The minimum atomic E-state index is -0.499. The highest BCUT2D eigenvalue weighted by Crippen LogP contribution is 2.40. The molecule has 15 heavy (non-hydrogen) atoms. The fourth-order valence-electron chi connectivity index (χ4n) is 2.60. The normalized spacial score (nSPS) is 26.3. The molecule has 0 unspecified atom stereocenters. The maximum Gasteiger partial charge on any atom is 0.308 e. The van der Waals surface area contributed by atoms with Crippen LogP contribution >= 0.6 is 0 Å². The first kappa shape index (κ1) is 12.5.